The van der Waals surface area contributed by atoms with Crippen LogP contribution in [-0.2, 0) is 4.79 Å². The molecular weight excluding hydrogens is 298 g/mol. The number of hydrogen-bond acceptors (Lipinski definition) is 3. The molecule has 0 unspecified atom stereocenters. The van der Waals surface area contributed by atoms with E-state index in [1.165, 1.54) is 0 Å². The zero-order chi connectivity index (χ0) is 15.9. The monoisotopic (exact) mass is 315 g/mol. The normalized spacial score (nSPS) is 11.3. The minimum atomic E-state index is -0.128. The lowest BCUT2D eigenvalue weighted by Crippen LogP contribution is -2.25. The first-order chi connectivity index (χ1) is 10.6. The van der Waals surface area contributed by atoms with Gasteiger partial charge in [-0.1, -0.05) is 41.9 Å². The average molecular weight is 316 g/mol. The molecule has 0 bridgehead atoms. The Morgan fingerprint density at radius 2 is 1.95 bits per heavy atom. The highest BCUT2D eigenvalue weighted by Crippen LogP contribution is 2.22. The first-order valence-electron chi connectivity index (χ1n) is 7.03. The number of rotatable bonds is 5. The molecule has 0 aliphatic rings. The van der Waals surface area contributed by atoms with Crippen molar-refractivity contribution >= 4 is 28.9 Å². The van der Waals surface area contributed by atoms with Crippen molar-refractivity contribution in [1.82, 2.24) is 5.32 Å². The second kappa shape index (κ2) is 7.61. The van der Waals surface area contributed by atoms with Gasteiger partial charge in [-0.3, -0.25) is 9.79 Å². The number of likely N-dealkylation sites (N-methyl/N-ethyl adjacent to an activating group) is 1. The summed E-state index contributed by atoms with van der Waals surface area (Å²) in [4.78, 5) is 16.1. The fourth-order valence-corrected chi connectivity index (χ4v) is 2.24. The number of carbonyl (C=O) groups excluding carboxylic acids is 1. The van der Waals surface area contributed by atoms with E-state index in [4.69, 9.17) is 17.3 Å². The highest BCUT2D eigenvalue weighted by Gasteiger charge is 2.11. The van der Waals surface area contributed by atoms with Gasteiger partial charge in [-0.25, -0.2) is 0 Å². The number of halogens is 1. The van der Waals surface area contributed by atoms with Gasteiger partial charge >= 0.3 is 0 Å². The van der Waals surface area contributed by atoms with Crippen LogP contribution in [0.2, 0.25) is 5.02 Å². The van der Waals surface area contributed by atoms with E-state index in [9.17, 15) is 4.79 Å². The second-order valence-corrected chi connectivity index (χ2v) is 5.15. The topological polar surface area (TPSA) is 67.5 Å². The molecule has 0 radical (unpaired) electrons. The van der Waals surface area contributed by atoms with E-state index in [-0.39, 0.29) is 12.5 Å². The van der Waals surface area contributed by atoms with Crippen molar-refractivity contribution in [2.75, 3.05) is 18.8 Å². The van der Waals surface area contributed by atoms with Crippen LogP contribution in [0.15, 0.2) is 53.5 Å². The third-order valence-electron chi connectivity index (χ3n) is 3.07. The Balaban J connectivity index is 2.44. The summed E-state index contributed by atoms with van der Waals surface area (Å²) >= 11 is 6.07. The van der Waals surface area contributed by atoms with Gasteiger partial charge in [0, 0.05) is 28.4 Å². The standard InChI is InChI=1S/C17H18ClN3O/c1-2-20-16(22)11-21-17(12-6-4-3-5-7-12)14-10-13(18)8-9-15(14)19/h3-10H,2,11,19H2,1H3,(H,20,22). The van der Waals surface area contributed by atoms with Gasteiger partial charge in [-0.2, -0.15) is 0 Å². The summed E-state index contributed by atoms with van der Waals surface area (Å²) in [5, 5.41) is 3.30. The molecule has 0 spiro atoms. The summed E-state index contributed by atoms with van der Waals surface area (Å²) in [6.07, 6.45) is 0. The van der Waals surface area contributed by atoms with E-state index in [0.717, 1.165) is 11.1 Å². The molecule has 1 amide bonds. The average Bonchev–Trinajstić information content (AvgIpc) is 2.52. The van der Waals surface area contributed by atoms with Crippen LogP contribution in [0, 0.1) is 0 Å². The number of nitrogens with zero attached hydrogens (tertiary/aromatic N) is 1. The number of nitrogens with two attached hydrogens (primary N) is 1. The number of hydrogen-bond donors (Lipinski definition) is 2. The minimum Gasteiger partial charge on any atom is -0.398 e. The highest BCUT2D eigenvalue weighted by molar-refractivity contribution is 6.31. The summed E-state index contributed by atoms with van der Waals surface area (Å²) < 4.78 is 0. The molecule has 0 aliphatic heterocycles. The highest BCUT2D eigenvalue weighted by atomic mass is 35.5. The number of benzene rings is 2. The quantitative estimate of drug-likeness (QED) is 0.658. The van der Waals surface area contributed by atoms with Gasteiger partial charge in [0.25, 0.3) is 0 Å². The van der Waals surface area contributed by atoms with Crippen molar-refractivity contribution in [2.24, 2.45) is 4.99 Å². The van der Waals surface area contributed by atoms with E-state index in [2.05, 4.69) is 10.3 Å². The fourth-order valence-electron chi connectivity index (χ4n) is 2.07. The Morgan fingerprint density at radius 1 is 1.23 bits per heavy atom. The molecule has 2 aromatic carbocycles. The predicted octanol–water partition coefficient (Wildman–Crippen LogP) is 2.90. The van der Waals surface area contributed by atoms with E-state index in [0.29, 0.717) is 23.0 Å². The number of amides is 1. The molecule has 0 fully saturated rings. The summed E-state index contributed by atoms with van der Waals surface area (Å²) in [5.74, 6) is -0.128. The lowest BCUT2D eigenvalue weighted by atomic mass is 10.0. The molecule has 2 rings (SSSR count). The number of carbonyl (C=O) groups is 1. The van der Waals surface area contributed by atoms with Crippen LogP contribution < -0.4 is 11.1 Å². The van der Waals surface area contributed by atoms with Gasteiger partial charge in [0.05, 0.1) is 5.71 Å². The SMILES string of the molecule is CCNC(=O)CN=C(c1ccccc1)c1cc(Cl)ccc1N. The van der Waals surface area contributed by atoms with Crippen molar-refractivity contribution in [1.29, 1.82) is 0 Å². The maximum absolute atomic E-state index is 11.7. The summed E-state index contributed by atoms with van der Waals surface area (Å²) in [5.41, 5.74) is 8.90. The Hall–Kier alpha value is -2.33. The molecule has 0 heterocycles. The Morgan fingerprint density at radius 3 is 2.64 bits per heavy atom. The lowest BCUT2D eigenvalue weighted by Gasteiger charge is -2.11. The van der Waals surface area contributed by atoms with Crippen LogP contribution in [0.25, 0.3) is 0 Å². The lowest BCUT2D eigenvalue weighted by molar-refractivity contribution is -0.119. The van der Waals surface area contributed by atoms with E-state index in [1.807, 2.05) is 37.3 Å². The molecule has 2 aromatic rings. The van der Waals surface area contributed by atoms with Gasteiger partial charge in [-0.15, -0.1) is 0 Å². The number of anilines is 1. The summed E-state index contributed by atoms with van der Waals surface area (Å²) in [7, 11) is 0. The molecule has 4 nitrogen and oxygen atoms in total. The van der Waals surface area contributed by atoms with Crippen molar-refractivity contribution in [3.63, 3.8) is 0 Å². The number of nitrogens with one attached hydrogen (secondary N) is 1. The molecule has 3 N–H and O–H groups in total. The maximum atomic E-state index is 11.7. The third-order valence-corrected chi connectivity index (χ3v) is 3.31. The molecule has 0 atom stereocenters. The van der Waals surface area contributed by atoms with Crippen LogP contribution in [-0.4, -0.2) is 24.7 Å². The van der Waals surface area contributed by atoms with Crippen molar-refractivity contribution in [2.45, 2.75) is 6.92 Å². The minimum absolute atomic E-state index is 0.0457. The van der Waals surface area contributed by atoms with E-state index >= 15 is 0 Å². The van der Waals surface area contributed by atoms with Crippen LogP contribution in [0.4, 0.5) is 5.69 Å². The predicted molar refractivity (Wildman–Crippen MR) is 91.5 cm³/mol. The van der Waals surface area contributed by atoms with Gasteiger partial charge in [-0.05, 0) is 25.1 Å². The Labute approximate surface area is 135 Å². The molecule has 5 heteroatoms. The molecule has 0 aromatic heterocycles. The van der Waals surface area contributed by atoms with Crippen LogP contribution >= 0.6 is 11.6 Å². The largest absolute Gasteiger partial charge is 0.398 e. The van der Waals surface area contributed by atoms with Crippen molar-refractivity contribution in [3.8, 4) is 0 Å². The fraction of sp³-hybridized carbons (Fsp3) is 0.176. The molecule has 0 aliphatic carbocycles. The van der Waals surface area contributed by atoms with Gasteiger partial charge in [0.1, 0.15) is 6.54 Å². The molecule has 22 heavy (non-hydrogen) atoms. The zero-order valence-corrected chi connectivity index (χ0v) is 13.1. The van der Waals surface area contributed by atoms with E-state index < -0.39 is 0 Å². The Kier molecular flexibility index (Phi) is 5.55. The van der Waals surface area contributed by atoms with Crippen LogP contribution in [0.5, 0.6) is 0 Å². The van der Waals surface area contributed by atoms with Crippen LogP contribution in [0.3, 0.4) is 0 Å². The first-order valence-corrected chi connectivity index (χ1v) is 7.41. The van der Waals surface area contributed by atoms with E-state index in [1.54, 1.807) is 18.2 Å². The second-order valence-electron chi connectivity index (χ2n) is 4.72. The molecule has 114 valence electrons. The van der Waals surface area contributed by atoms with Gasteiger partial charge in [0.2, 0.25) is 5.91 Å². The van der Waals surface area contributed by atoms with Crippen LogP contribution in [0.1, 0.15) is 18.1 Å². The number of nitrogen functional groups attached to an aromatic ring is 1. The number of aliphatic imine (C=N–C) groups is 1. The first kappa shape index (κ1) is 16.0. The van der Waals surface area contributed by atoms with Crippen molar-refractivity contribution < 1.29 is 4.79 Å². The van der Waals surface area contributed by atoms with Gasteiger partial charge < -0.3 is 11.1 Å². The smallest absolute Gasteiger partial charge is 0.241 e. The third kappa shape index (κ3) is 4.09. The zero-order valence-electron chi connectivity index (χ0n) is 12.3. The Bertz CT molecular complexity index is 684. The summed E-state index contributed by atoms with van der Waals surface area (Å²) in [6.45, 7) is 2.49. The molecule has 0 saturated carbocycles. The molecular formula is C17H18ClN3O. The maximum Gasteiger partial charge on any atom is 0.241 e. The summed E-state index contributed by atoms with van der Waals surface area (Å²) in [6, 6.07) is 14.8. The molecule has 0 saturated heterocycles. The van der Waals surface area contributed by atoms with Gasteiger partial charge in [0.15, 0.2) is 0 Å². The van der Waals surface area contributed by atoms with Crippen molar-refractivity contribution in [3.05, 3.63) is 64.7 Å².